The number of carboxylic acids is 1. The number of carboxylic acid groups (broad SMARTS) is 1. The minimum atomic E-state index is -0.730. The number of fused-ring (bicyclic) bond motifs is 1. The zero-order valence-corrected chi connectivity index (χ0v) is 11.0. The lowest BCUT2D eigenvalue weighted by molar-refractivity contribution is -0.137. The van der Waals surface area contributed by atoms with Gasteiger partial charge in [-0.25, -0.2) is 0 Å². The summed E-state index contributed by atoms with van der Waals surface area (Å²) < 4.78 is 11.2. The van der Waals surface area contributed by atoms with Crippen LogP contribution in [0.4, 0.5) is 0 Å². The molecule has 0 saturated heterocycles. The first-order chi connectivity index (χ1) is 9.16. The lowest BCUT2D eigenvalue weighted by Crippen LogP contribution is -2.18. The molecule has 1 fully saturated rings. The molecule has 0 aromatic heterocycles. The average Bonchev–Trinajstić information content (AvgIpc) is 3.21. The Hall–Kier alpha value is -1.71. The molecule has 102 valence electrons. The zero-order chi connectivity index (χ0) is 13.4. The third-order valence-electron chi connectivity index (χ3n) is 3.98. The molecule has 1 aliphatic carbocycles. The van der Waals surface area contributed by atoms with E-state index < -0.39 is 5.97 Å². The van der Waals surface area contributed by atoms with Crippen LogP contribution < -0.4 is 9.47 Å². The Balaban J connectivity index is 1.96. The van der Waals surface area contributed by atoms with Crippen LogP contribution in [0.5, 0.6) is 11.5 Å². The molecule has 0 spiro atoms. The predicted octanol–water partition coefficient (Wildman–Crippen LogP) is 2.73. The Labute approximate surface area is 112 Å². The molecule has 2 aliphatic rings. The molecule has 1 aliphatic heterocycles. The fraction of sp³-hybridized carbons (Fsp3) is 0.533. The average molecular weight is 262 g/mol. The Morgan fingerprint density at radius 1 is 1.37 bits per heavy atom. The standard InChI is InChI=1S/C15H18O4/c1-9-11(12(8-14(16)17)10-2-3-10)4-5-13-15(9)19-7-6-18-13/h4-5,10,12H,2-3,6-8H2,1H3,(H,16,17). The topological polar surface area (TPSA) is 55.8 Å². The van der Waals surface area contributed by atoms with Crippen molar-refractivity contribution in [3.63, 3.8) is 0 Å². The second-order valence-corrected chi connectivity index (χ2v) is 5.35. The molecule has 0 radical (unpaired) electrons. The summed E-state index contributed by atoms with van der Waals surface area (Å²) in [6.07, 6.45) is 2.46. The highest BCUT2D eigenvalue weighted by molar-refractivity contribution is 5.68. The van der Waals surface area contributed by atoms with Crippen molar-refractivity contribution in [1.82, 2.24) is 0 Å². The number of hydrogen-bond donors (Lipinski definition) is 1. The van der Waals surface area contributed by atoms with Crippen LogP contribution in [0.3, 0.4) is 0 Å². The summed E-state index contributed by atoms with van der Waals surface area (Å²) in [4.78, 5) is 11.1. The first-order valence-corrected chi connectivity index (χ1v) is 6.77. The molecule has 1 aromatic carbocycles. The van der Waals surface area contributed by atoms with Crippen LogP contribution in [0.2, 0.25) is 0 Å². The summed E-state index contributed by atoms with van der Waals surface area (Å²) >= 11 is 0. The summed E-state index contributed by atoms with van der Waals surface area (Å²) in [5, 5.41) is 9.10. The molecule has 1 N–H and O–H groups in total. The van der Waals surface area contributed by atoms with Crippen LogP contribution in [-0.2, 0) is 4.79 Å². The Kier molecular flexibility index (Phi) is 3.09. The van der Waals surface area contributed by atoms with Crippen molar-refractivity contribution in [1.29, 1.82) is 0 Å². The third kappa shape index (κ3) is 2.39. The van der Waals surface area contributed by atoms with E-state index in [0.29, 0.717) is 19.1 Å². The maximum absolute atomic E-state index is 11.1. The molecular weight excluding hydrogens is 244 g/mol. The summed E-state index contributed by atoms with van der Waals surface area (Å²) in [5.41, 5.74) is 2.14. The molecule has 1 unspecified atom stereocenters. The van der Waals surface area contributed by atoms with Gasteiger partial charge in [0.15, 0.2) is 11.5 Å². The number of rotatable bonds is 4. The van der Waals surface area contributed by atoms with Gasteiger partial charge in [0, 0.05) is 0 Å². The summed E-state index contributed by atoms with van der Waals surface area (Å²) in [6, 6.07) is 3.92. The van der Waals surface area contributed by atoms with Gasteiger partial charge in [-0.05, 0) is 48.8 Å². The Morgan fingerprint density at radius 3 is 2.79 bits per heavy atom. The minimum Gasteiger partial charge on any atom is -0.486 e. The van der Waals surface area contributed by atoms with E-state index in [4.69, 9.17) is 14.6 Å². The van der Waals surface area contributed by atoms with Gasteiger partial charge in [-0.3, -0.25) is 4.79 Å². The van der Waals surface area contributed by atoms with Gasteiger partial charge in [0.05, 0.1) is 6.42 Å². The highest BCUT2D eigenvalue weighted by atomic mass is 16.6. The van der Waals surface area contributed by atoms with Gasteiger partial charge in [-0.1, -0.05) is 6.07 Å². The summed E-state index contributed by atoms with van der Waals surface area (Å²) in [7, 11) is 0. The van der Waals surface area contributed by atoms with E-state index in [9.17, 15) is 4.79 Å². The molecule has 1 atom stereocenters. The smallest absolute Gasteiger partial charge is 0.303 e. The molecule has 1 heterocycles. The molecule has 4 nitrogen and oxygen atoms in total. The van der Waals surface area contributed by atoms with Crippen molar-refractivity contribution in [3.05, 3.63) is 23.3 Å². The normalized spacial score (nSPS) is 19.0. The Morgan fingerprint density at radius 2 is 2.11 bits per heavy atom. The van der Waals surface area contributed by atoms with Crippen molar-refractivity contribution >= 4 is 5.97 Å². The summed E-state index contributed by atoms with van der Waals surface area (Å²) in [5.74, 6) is 1.45. The highest BCUT2D eigenvalue weighted by Crippen LogP contribution is 2.48. The first kappa shape index (κ1) is 12.3. The molecule has 0 amide bonds. The second kappa shape index (κ2) is 4.76. The molecule has 0 bridgehead atoms. The van der Waals surface area contributed by atoms with Gasteiger partial charge >= 0.3 is 5.97 Å². The van der Waals surface area contributed by atoms with Gasteiger partial charge in [0.1, 0.15) is 13.2 Å². The molecule has 4 heteroatoms. The van der Waals surface area contributed by atoms with Gasteiger partial charge < -0.3 is 14.6 Å². The third-order valence-corrected chi connectivity index (χ3v) is 3.98. The molecule has 3 rings (SSSR count). The van der Waals surface area contributed by atoms with Crippen molar-refractivity contribution < 1.29 is 19.4 Å². The van der Waals surface area contributed by atoms with E-state index in [0.717, 1.165) is 35.5 Å². The number of ether oxygens (including phenoxy) is 2. The minimum absolute atomic E-state index is 0.105. The predicted molar refractivity (Wildman–Crippen MR) is 69.9 cm³/mol. The number of carbonyl (C=O) groups is 1. The highest BCUT2D eigenvalue weighted by Gasteiger charge is 2.35. The number of aliphatic carboxylic acids is 1. The molecular formula is C15H18O4. The van der Waals surface area contributed by atoms with Gasteiger partial charge in [-0.15, -0.1) is 0 Å². The molecule has 19 heavy (non-hydrogen) atoms. The van der Waals surface area contributed by atoms with Crippen molar-refractivity contribution in [2.24, 2.45) is 5.92 Å². The molecule has 1 saturated carbocycles. The van der Waals surface area contributed by atoms with E-state index in [2.05, 4.69) is 0 Å². The zero-order valence-electron chi connectivity index (χ0n) is 11.0. The van der Waals surface area contributed by atoms with E-state index in [1.54, 1.807) is 0 Å². The maximum Gasteiger partial charge on any atom is 0.303 e. The number of hydrogen-bond acceptors (Lipinski definition) is 3. The van der Waals surface area contributed by atoms with Crippen LogP contribution in [0.25, 0.3) is 0 Å². The SMILES string of the molecule is Cc1c(C(CC(=O)O)C2CC2)ccc2c1OCCO2. The monoisotopic (exact) mass is 262 g/mol. The fourth-order valence-electron chi connectivity index (χ4n) is 2.89. The van der Waals surface area contributed by atoms with E-state index in [1.807, 2.05) is 19.1 Å². The quantitative estimate of drug-likeness (QED) is 0.906. The fourth-order valence-corrected chi connectivity index (χ4v) is 2.89. The van der Waals surface area contributed by atoms with Gasteiger partial charge in [0.2, 0.25) is 0 Å². The van der Waals surface area contributed by atoms with E-state index in [1.165, 1.54) is 0 Å². The van der Waals surface area contributed by atoms with Gasteiger partial charge in [0.25, 0.3) is 0 Å². The largest absolute Gasteiger partial charge is 0.486 e. The first-order valence-electron chi connectivity index (χ1n) is 6.77. The van der Waals surface area contributed by atoms with Crippen LogP contribution in [0.15, 0.2) is 12.1 Å². The van der Waals surface area contributed by atoms with E-state index in [-0.39, 0.29) is 12.3 Å². The van der Waals surface area contributed by atoms with Crippen molar-refractivity contribution in [2.75, 3.05) is 13.2 Å². The van der Waals surface area contributed by atoms with E-state index >= 15 is 0 Å². The van der Waals surface area contributed by atoms with Crippen LogP contribution >= 0.6 is 0 Å². The summed E-state index contributed by atoms with van der Waals surface area (Å²) in [6.45, 7) is 3.14. The Bertz CT molecular complexity index is 505. The van der Waals surface area contributed by atoms with Crippen LogP contribution in [0, 0.1) is 12.8 Å². The van der Waals surface area contributed by atoms with Gasteiger partial charge in [-0.2, -0.15) is 0 Å². The molecule has 1 aromatic rings. The maximum atomic E-state index is 11.1. The number of benzene rings is 1. The lowest BCUT2D eigenvalue weighted by atomic mass is 9.87. The van der Waals surface area contributed by atoms with Crippen LogP contribution in [-0.4, -0.2) is 24.3 Å². The second-order valence-electron chi connectivity index (χ2n) is 5.35. The van der Waals surface area contributed by atoms with Crippen molar-refractivity contribution in [3.8, 4) is 11.5 Å². The lowest BCUT2D eigenvalue weighted by Gasteiger charge is -2.24. The van der Waals surface area contributed by atoms with Crippen molar-refractivity contribution in [2.45, 2.75) is 32.1 Å². The van der Waals surface area contributed by atoms with Crippen LogP contribution in [0.1, 0.15) is 36.3 Å².